The van der Waals surface area contributed by atoms with Crippen LogP contribution in [0.2, 0.25) is 0 Å². The van der Waals surface area contributed by atoms with E-state index in [1.807, 2.05) is 6.33 Å². The number of imidazole rings is 1. The summed E-state index contributed by atoms with van der Waals surface area (Å²) < 4.78 is 7.50. The third-order valence-electron chi connectivity index (χ3n) is 7.34. The number of fused-ring (bicyclic) bond motifs is 2. The molecule has 4 aromatic rings. The Morgan fingerprint density at radius 1 is 1.09 bits per heavy atom. The van der Waals surface area contributed by atoms with E-state index in [0.29, 0.717) is 11.5 Å². The Hall–Kier alpha value is -2.96. The van der Waals surface area contributed by atoms with E-state index < -0.39 is 0 Å². The van der Waals surface area contributed by atoms with Gasteiger partial charge in [-0.15, -0.1) is 0 Å². The molecular weight excluding hydrogens is 410 g/mol. The van der Waals surface area contributed by atoms with E-state index >= 15 is 0 Å². The second kappa shape index (κ2) is 8.12. The largest absolute Gasteiger partial charge is 0.380 e. The van der Waals surface area contributed by atoms with Gasteiger partial charge >= 0.3 is 0 Å². The lowest BCUT2D eigenvalue weighted by molar-refractivity contribution is -0.105. The van der Waals surface area contributed by atoms with Crippen LogP contribution in [0, 0.1) is 5.41 Å². The van der Waals surface area contributed by atoms with Gasteiger partial charge in [0.05, 0.1) is 35.5 Å². The molecule has 2 aliphatic rings. The van der Waals surface area contributed by atoms with Crippen LogP contribution < -0.4 is 10.6 Å². The van der Waals surface area contributed by atoms with Gasteiger partial charge in [-0.3, -0.25) is 4.57 Å². The molecule has 0 radical (unpaired) electrons. The number of para-hydroxylation sites is 1. The van der Waals surface area contributed by atoms with Crippen molar-refractivity contribution in [3.63, 3.8) is 0 Å². The number of hydrogen-bond acceptors (Lipinski definition) is 5. The van der Waals surface area contributed by atoms with Crippen LogP contribution in [0.15, 0.2) is 54.9 Å². The van der Waals surface area contributed by atoms with Gasteiger partial charge in [-0.05, 0) is 61.6 Å². The van der Waals surface area contributed by atoms with Crippen LogP contribution in [0.25, 0.3) is 27.8 Å². The SMILES string of the molecule is CC1(CCc2ccc3c(c2)ncn3-c2ccc3cccc(N4CCC(N)CC4)c3n2)COC1. The van der Waals surface area contributed by atoms with E-state index in [0.717, 1.165) is 79.7 Å². The topological polar surface area (TPSA) is 69.2 Å². The van der Waals surface area contributed by atoms with Crippen LogP contribution in [0.4, 0.5) is 5.69 Å². The van der Waals surface area contributed by atoms with E-state index in [1.54, 1.807) is 0 Å². The zero-order valence-corrected chi connectivity index (χ0v) is 19.2. The average Bonchev–Trinajstić information content (AvgIpc) is 3.25. The van der Waals surface area contributed by atoms with Gasteiger partial charge < -0.3 is 15.4 Å². The summed E-state index contributed by atoms with van der Waals surface area (Å²) in [5.41, 5.74) is 12.1. The lowest BCUT2D eigenvalue weighted by Gasteiger charge is -2.38. The maximum absolute atomic E-state index is 6.13. The Bertz CT molecular complexity index is 1300. The highest BCUT2D eigenvalue weighted by Gasteiger charge is 2.32. The number of ether oxygens (including phenoxy) is 1. The molecular formula is C27H31N5O. The fraction of sp³-hybridized carbons (Fsp3) is 0.407. The number of pyridine rings is 1. The number of aryl methyl sites for hydroxylation is 1. The molecule has 0 bridgehead atoms. The molecule has 0 amide bonds. The molecule has 2 saturated heterocycles. The summed E-state index contributed by atoms with van der Waals surface area (Å²) in [5.74, 6) is 0.901. The zero-order valence-electron chi connectivity index (χ0n) is 19.2. The minimum absolute atomic E-state index is 0.312. The van der Waals surface area contributed by atoms with Crippen LogP contribution in [0.5, 0.6) is 0 Å². The Morgan fingerprint density at radius 2 is 1.94 bits per heavy atom. The highest BCUT2D eigenvalue weighted by molar-refractivity contribution is 5.92. The first-order valence-corrected chi connectivity index (χ1v) is 12.0. The minimum atomic E-state index is 0.312. The first-order valence-electron chi connectivity index (χ1n) is 12.0. The second-order valence-electron chi connectivity index (χ2n) is 10.1. The van der Waals surface area contributed by atoms with Crippen molar-refractivity contribution in [2.24, 2.45) is 11.1 Å². The number of rotatable bonds is 5. The highest BCUT2D eigenvalue weighted by atomic mass is 16.5. The van der Waals surface area contributed by atoms with Crippen molar-refractivity contribution in [3.8, 4) is 5.82 Å². The van der Waals surface area contributed by atoms with Crippen molar-refractivity contribution in [2.75, 3.05) is 31.2 Å². The van der Waals surface area contributed by atoms with Gasteiger partial charge in [-0.25, -0.2) is 9.97 Å². The van der Waals surface area contributed by atoms with E-state index in [2.05, 4.69) is 64.9 Å². The molecule has 6 heteroatoms. The van der Waals surface area contributed by atoms with Gasteiger partial charge in [0, 0.05) is 29.9 Å². The molecule has 2 aromatic carbocycles. The van der Waals surface area contributed by atoms with E-state index in [-0.39, 0.29) is 0 Å². The molecule has 4 heterocycles. The molecule has 0 spiro atoms. The number of aromatic nitrogens is 3. The third kappa shape index (κ3) is 3.87. The van der Waals surface area contributed by atoms with Crippen LogP contribution in [0.1, 0.15) is 31.7 Å². The van der Waals surface area contributed by atoms with Gasteiger partial charge in [0.2, 0.25) is 0 Å². The number of hydrogen-bond donors (Lipinski definition) is 1. The van der Waals surface area contributed by atoms with Gasteiger partial charge in [0.15, 0.2) is 0 Å². The summed E-state index contributed by atoms with van der Waals surface area (Å²) in [4.78, 5) is 12.2. The summed E-state index contributed by atoms with van der Waals surface area (Å²) in [6.07, 6.45) is 6.15. The van der Waals surface area contributed by atoms with Crippen molar-refractivity contribution < 1.29 is 4.74 Å². The van der Waals surface area contributed by atoms with Crippen molar-refractivity contribution in [2.45, 2.75) is 38.6 Å². The fourth-order valence-corrected chi connectivity index (χ4v) is 5.09. The maximum Gasteiger partial charge on any atom is 0.139 e. The quantitative estimate of drug-likeness (QED) is 0.495. The summed E-state index contributed by atoms with van der Waals surface area (Å²) in [6.45, 7) is 6.03. The number of nitrogens with zero attached hydrogens (tertiary/aromatic N) is 4. The molecule has 0 saturated carbocycles. The van der Waals surface area contributed by atoms with E-state index in [9.17, 15) is 0 Å². The van der Waals surface area contributed by atoms with Crippen LogP contribution in [0.3, 0.4) is 0 Å². The smallest absolute Gasteiger partial charge is 0.139 e. The predicted molar refractivity (Wildman–Crippen MR) is 133 cm³/mol. The average molecular weight is 442 g/mol. The minimum Gasteiger partial charge on any atom is -0.380 e. The molecule has 2 N–H and O–H groups in total. The third-order valence-corrected chi connectivity index (χ3v) is 7.34. The number of benzene rings is 2. The molecule has 170 valence electrons. The lowest BCUT2D eigenvalue weighted by atomic mass is 9.82. The number of anilines is 1. The van der Waals surface area contributed by atoms with Crippen molar-refractivity contribution in [1.29, 1.82) is 0 Å². The molecule has 2 aromatic heterocycles. The fourth-order valence-electron chi connectivity index (χ4n) is 5.09. The normalized spacial score (nSPS) is 18.7. The number of nitrogens with two attached hydrogens (primary N) is 1. The first-order chi connectivity index (χ1) is 16.1. The molecule has 2 aliphatic heterocycles. The molecule has 0 unspecified atom stereocenters. The van der Waals surface area contributed by atoms with Crippen LogP contribution >= 0.6 is 0 Å². The maximum atomic E-state index is 6.13. The summed E-state index contributed by atoms with van der Waals surface area (Å²) in [6, 6.07) is 17.6. The summed E-state index contributed by atoms with van der Waals surface area (Å²) in [5, 5.41) is 1.16. The summed E-state index contributed by atoms with van der Waals surface area (Å²) in [7, 11) is 0. The Balaban J connectivity index is 1.32. The van der Waals surface area contributed by atoms with Gasteiger partial charge in [-0.2, -0.15) is 0 Å². The van der Waals surface area contributed by atoms with Crippen LogP contribution in [-0.4, -0.2) is 46.9 Å². The predicted octanol–water partition coefficient (Wildman–Crippen LogP) is 4.47. The van der Waals surface area contributed by atoms with Crippen LogP contribution in [-0.2, 0) is 11.2 Å². The van der Waals surface area contributed by atoms with E-state index in [4.69, 9.17) is 20.4 Å². The van der Waals surface area contributed by atoms with Gasteiger partial charge in [0.25, 0.3) is 0 Å². The number of piperidine rings is 1. The monoisotopic (exact) mass is 441 g/mol. The molecule has 0 atom stereocenters. The van der Waals surface area contributed by atoms with Crippen molar-refractivity contribution >= 4 is 27.6 Å². The highest BCUT2D eigenvalue weighted by Crippen LogP contribution is 2.33. The molecule has 6 nitrogen and oxygen atoms in total. The molecule has 6 rings (SSSR count). The molecule has 2 fully saturated rings. The van der Waals surface area contributed by atoms with Crippen molar-refractivity contribution in [3.05, 3.63) is 60.4 Å². The molecule has 33 heavy (non-hydrogen) atoms. The zero-order chi connectivity index (χ0) is 22.4. The van der Waals surface area contributed by atoms with Gasteiger partial charge in [0.1, 0.15) is 12.1 Å². The summed E-state index contributed by atoms with van der Waals surface area (Å²) >= 11 is 0. The Labute approximate surface area is 194 Å². The first kappa shape index (κ1) is 20.6. The van der Waals surface area contributed by atoms with E-state index in [1.165, 1.54) is 11.3 Å². The molecule has 0 aliphatic carbocycles. The van der Waals surface area contributed by atoms with Gasteiger partial charge in [-0.1, -0.05) is 25.1 Å². The standard InChI is InChI=1S/C27H31N5O/c1-27(16-33-17-27)12-9-19-5-7-23-22(15-19)29-18-32(23)25-8-6-20-3-2-4-24(26(20)30-25)31-13-10-21(28)11-14-31/h2-8,15,18,21H,9-14,16-17,28H2,1H3. The Morgan fingerprint density at radius 3 is 2.73 bits per heavy atom. The second-order valence-corrected chi connectivity index (χ2v) is 10.1. The Kier molecular flexibility index (Phi) is 5.07. The lowest BCUT2D eigenvalue weighted by Crippen LogP contribution is -2.39. The van der Waals surface area contributed by atoms with Crippen molar-refractivity contribution in [1.82, 2.24) is 14.5 Å².